The molecule has 0 atom stereocenters. The Kier molecular flexibility index (Phi) is 7.98. The number of halogens is 3. The molecule has 0 aromatic heterocycles. The highest BCUT2D eigenvalue weighted by Gasteiger charge is 2.23. The molecule has 1 nitrogen and oxygen atoms in total. The van der Waals surface area contributed by atoms with E-state index in [9.17, 15) is 13.2 Å². The molecule has 2 aliphatic rings. The maximum atomic E-state index is 13.5. The topological polar surface area (TPSA) is 23.8 Å². The quantitative estimate of drug-likeness (QED) is 0.353. The van der Waals surface area contributed by atoms with E-state index < -0.39 is 17.5 Å². The second kappa shape index (κ2) is 10.7. The summed E-state index contributed by atoms with van der Waals surface area (Å²) < 4.78 is 39.4. The fourth-order valence-corrected chi connectivity index (χ4v) is 4.89. The molecule has 2 fully saturated rings. The summed E-state index contributed by atoms with van der Waals surface area (Å²) in [6, 6.07) is 5.85. The second-order valence-electron chi connectivity index (χ2n) is 8.69. The smallest absolute Gasteiger partial charge is 0.196 e. The molecule has 0 spiro atoms. The minimum absolute atomic E-state index is 0.338. The molecule has 29 heavy (non-hydrogen) atoms. The Balaban J connectivity index is 1.38. The lowest BCUT2D eigenvalue weighted by Gasteiger charge is -2.29. The van der Waals surface area contributed by atoms with Crippen LogP contribution < -0.4 is 0 Å². The molecule has 0 heterocycles. The van der Waals surface area contributed by atoms with E-state index in [-0.39, 0.29) is 0 Å². The summed E-state index contributed by atoms with van der Waals surface area (Å²) in [6.45, 7) is 0. The number of rotatable bonds is 6. The number of hydrogen-bond acceptors (Lipinski definition) is 1. The van der Waals surface area contributed by atoms with Crippen LogP contribution in [0.3, 0.4) is 0 Å². The predicted octanol–water partition coefficient (Wildman–Crippen LogP) is 7.76. The van der Waals surface area contributed by atoms with Crippen molar-refractivity contribution in [2.24, 2.45) is 17.8 Å². The number of nitrogens with zero attached hydrogens (tertiary/aromatic N) is 1. The molecule has 1 aromatic rings. The van der Waals surface area contributed by atoms with Gasteiger partial charge in [-0.05, 0) is 112 Å². The molecule has 0 radical (unpaired) electrons. The van der Waals surface area contributed by atoms with Crippen molar-refractivity contribution in [1.29, 1.82) is 5.26 Å². The van der Waals surface area contributed by atoms with E-state index in [1.54, 1.807) is 6.07 Å². The van der Waals surface area contributed by atoms with Crippen LogP contribution in [-0.4, -0.2) is 0 Å². The highest BCUT2D eigenvalue weighted by atomic mass is 19.2. The van der Waals surface area contributed by atoms with E-state index in [1.807, 2.05) is 0 Å². The van der Waals surface area contributed by atoms with E-state index in [0.29, 0.717) is 30.1 Å². The predicted molar refractivity (Wildman–Crippen MR) is 110 cm³/mol. The third-order valence-electron chi connectivity index (χ3n) is 6.74. The van der Waals surface area contributed by atoms with Gasteiger partial charge < -0.3 is 0 Å². The Hall–Kier alpha value is -2.02. The van der Waals surface area contributed by atoms with Gasteiger partial charge in [0.2, 0.25) is 0 Å². The average Bonchev–Trinajstić information content (AvgIpc) is 2.75. The lowest BCUT2D eigenvalue weighted by Crippen LogP contribution is -2.14. The van der Waals surface area contributed by atoms with Crippen LogP contribution in [0.5, 0.6) is 0 Å². The SMILES string of the molecule is N#CC(F)=CCC[C@H]1CC[C@H](/C=C/[C@H]2CC[C@H](c3ccc(F)c(F)c3)CC2)CC1. The largest absolute Gasteiger partial charge is 0.204 e. The summed E-state index contributed by atoms with van der Waals surface area (Å²) in [5, 5.41) is 8.44. The van der Waals surface area contributed by atoms with Crippen LogP contribution in [0, 0.1) is 40.7 Å². The van der Waals surface area contributed by atoms with Crippen molar-refractivity contribution in [2.75, 3.05) is 0 Å². The van der Waals surface area contributed by atoms with Gasteiger partial charge in [0.1, 0.15) is 6.07 Å². The van der Waals surface area contributed by atoms with Gasteiger partial charge in [-0.2, -0.15) is 9.65 Å². The van der Waals surface area contributed by atoms with Gasteiger partial charge in [0.15, 0.2) is 17.5 Å². The summed E-state index contributed by atoms with van der Waals surface area (Å²) in [5.41, 5.74) is 0.925. The molecule has 156 valence electrons. The van der Waals surface area contributed by atoms with Crippen molar-refractivity contribution in [1.82, 2.24) is 0 Å². The van der Waals surface area contributed by atoms with Gasteiger partial charge in [-0.15, -0.1) is 0 Å². The molecule has 3 rings (SSSR count). The lowest BCUT2D eigenvalue weighted by molar-refractivity contribution is 0.295. The Bertz CT molecular complexity index is 761. The lowest BCUT2D eigenvalue weighted by atomic mass is 9.77. The van der Waals surface area contributed by atoms with Crippen molar-refractivity contribution >= 4 is 0 Å². The normalized spacial score (nSPS) is 28.4. The third-order valence-corrected chi connectivity index (χ3v) is 6.74. The molecule has 0 saturated heterocycles. The van der Waals surface area contributed by atoms with Crippen molar-refractivity contribution in [2.45, 2.75) is 70.1 Å². The maximum absolute atomic E-state index is 13.5. The fourth-order valence-electron chi connectivity index (χ4n) is 4.89. The van der Waals surface area contributed by atoms with E-state index in [2.05, 4.69) is 12.2 Å². The summed E-state index contributed by atoms with van der Waals surface area (Å²) >= 11 is 0. The maximum Gasteiger partial charge on any atom is 0.196 e. The Morgan fingerprint density at radius 3 is 2.14 bits per heavy atom. The molecular weight excluding hydrogens is 371 g/mol. The molecule has 2 saturated carbocycles. The zero-order valence-electron chi connectivity index (χ0n) is 16.9. The standard InChI is InChI=1S/C25H30F3N/c26-23(17-29)3-1-2-18-4-6-19(7-5-18)8-9-20-10-12-21(13-11-20)22-14-15-24(27)25(28)16-22/h3,8-9,14-16,18-21H,1-2,4-7,10-13H2/b9-8+,23-3?/t18-,19-,20-,21-. The number of benzene rings is 1. The first-order chi connectivity index (χ1) is 14.0. The molecule has 0 aliphatic heterocycles. The zero-order chi connectivity index (χ0) is 20.6. The van der Waals surface area contributed by atoms with Crippen molar-refractivity contribution < 1.29 is 13.2 Å². The van der Waals surface area contributed by atoms with Crippen LogP contribution in [0.1, 0.15) is 75.7 Å². The summed E-state index contributed by atoms with van der Waals surface area (Å²) in [6.07, 6.45) is 16.8. The van der Waals surface area contributed by atoms with Crippen molar-refractivity contribution in [3.63, 3.8) is 0 Å². The zero-order valence-corrected chi connectivity index (χ0v) is 16.9. The van der Waals surface area contributed by atoms with Crippen LogP contribution in [-0.2, 0) is 0 Å². The first-order valence-corrected chi connectivity index (χ1v) is 10.9. The molecule has 0 amide bonds. The van der Waals surface area contributed by atoms with E-state index in [0.717, 1.165) is 37.7 Å². The van der Waals surface area contributed by atoms with Gasteiger partial charge in [0, 0.05) is 0 Å². The summed E-state index contributed by atoms with van der Waals surface area (Å²) in [5.74, 6) is 0.0343. The fraction of sp³-hybridized carbons (Fsp3) is 0.560. The molecule has 2 aliphatic carbocycles. The van der Waals surface area contributed by atoms with Gasteiger partial charge in [-0.25, -0.2) is 8.78 Å². The number of allylic oxidation sites excluding steroid dienone is 4. The Morgan fingerprint density at radius 1 is 0.931 bits per heavy atom. The van der Waals surface area contributed by atoms with Crippen LogP contribution in [0.15, 0.2) is 42.3 Å². The highest BCUT2D eigenvalue weighted by molar-refractivity contribution is 5.22. The number of nitriles is 1. The summed E-state index contributed by atoms with van der Waals surface area (Å²) in [4.78, 5) is 0. The van der Waals surface area contributed by atoms with Gasteiger partial charge >= 0.3 is 0 Å². The van der Waals surface area contributed by atoms with Gasteiger partial charge in [-0.3, -0.25) is 0 Å². The van der Waals surface area contributed by atoms with Gasteiger partial charge in [0.25, 0.3) is 0 Å². The monoisotopic (exact) mass is 401 g/mol. The average molecular weight is 402 g/mol. The van der Waals surface area contributed by atoms with Crippen LogP contribution >= 0.6 is 0 Å². The molecular formula is C25H30F3N. The number of hydrogen-bond donors (Lipinski definition) is 0. The molecule has 4 heteroatoms. The summed E-state index contributed by atoms with van der Waals surface area (Å²) in [7, 11) is 0. The van der Waals surface area contributed by atoms with Crippen LogP contribution in [0.4, 0.5) is 13.2 Å². The molecule has 1 aromatic carbocycles. The van der Waals surface area contributed by atoms with Crippen molar-refractivity contribution in [3.8, 4) is 6.07 Å². The Morgan fingerprint density at radius 2 is 1.55 bits per heavy atom. The highest BCUT2D eigenvalue weighted by Crippen LogP contribution is 2.38. The minimum Gasteiger partial charge on any atom is -0.204 e. The third kappa shape index (κ3) is 6.49. The van der Waals surface area contributed by atoms with Crippen molar-refractivity contribution in [3.05, 3.63) is 59.5 Å². The van der Waals surface area contributed by atoms with E-state index in [1.165, 1.54) is 50.0 Å². The second-order valence-corrected chi connectivity index (χ2v) is 8.69. The van der Waals surface area contributed by atoms with Gasteiger partial charge in [-0.1, -0.05) is 18.2 Å². The molecule has 0 N–H and O–H groups in total. The van der Waals surface area contributed by atoms with E-state index >= 15 is 0 Å². The van der Waals surface area contributed by atoms with Crippen LogP contribution in [0.2, 0.25) is 0 Å². The van der Waals surface area contributed by atoms with E-state index in [4.69, 9.17) is 5.26 Å². The molecule has 0 unspecified atom stereocenters. The van der Waals surface area contributed by atoms with Gasteiger partial charge in [0.05, 0.1) is 0 Å². The minimum atomic E-state index is -0.772. The first-order valence-electron chi connectivity index (χ1n) is 10.9. The van der Waals surface area contributed by atoms with Crippen LogP contribution in [0.25, 0.3) is 0 Å². The first kappa shape index (κ1) is 21.7. The Labute approximate surface area is 172 Å². The molecule has 0 bridgehead atoms.